The average Bonchev–Trinajstić information content (AvgIpc) is 3.03. The van der Waals surface area contributed by atoms with Gasteiger partial charge in [-0.05, 0) is 27.4 Å². The Balaban J connectivity index is 1.58. The molecule has 0 spiro atoms. The van der Waals surface area contributed by atoms with E-state index in [9.17, 15) is 4.79 Å². The van der Waals surface area contributed by atoms with E-state index in [1.165, 1.54) is 0 Å². The zero-order valence-corrected chi connectivity index (χ0v) is 12.5. The van der Waals surface area contributed by atoms with Crippen LogP contribution in [0.5, 0.6) is 0 Å². The SMILES string of the molecule is O=C(NCc1sccc1Br)C1Cc2nc[nH]c2CN1. The quantitative estimate of drug-likeness (QED) is 0.794. The van der Waals surface area contributed by atoms with E-state index in [0.29, 0.717) is 19.5 Å². The van der Waals surface area contributed by atoms with Crippen LogP contribution in [0.3, 0.4) is 0 Å². The van der Waals surface area contributed by atoms with E-state index in [1.54, 1.807) is 17.7 Å². The number of imidazole rings is 1. The number of nitrogens with zero attached hydrogens (tertiary/aromatic N) is 1. The lowest BCUT2D eigenvalue weighted by Gasteiger charge is -2.22. The van der Waals surface area contributed by atoms with Crippen molar-refractivity contribution in [2.45, 2.75) is 25.6 Å². The van der Waals surface area contributed by atoms with Crippen molar-refractivity contribution in [1.82, 2.24) is 20.6 Å². The highest BCUT2D eigenvalue weighted by atomic mass is 79.9. The third-order valence-electron chi connectivity index (χ3n) is 3.16. The van der Waals surface area contributed by atoms with Crippen LogP contribution in [0.2, 0.25) is 0 Å². The number of halogens is 1. The van der Waals surface area contributed by atoms with Crippen LogP contribution < -0.4 is 10.6 Å². The molecule has 1 aliphatic heterocycles. The van der Waals surface area contributed by atoms with E-state index in [2.05, 4.69) is 36.5 Å². The van der Waals surface area contributed by atoms with Crippen LogP contribution in [0, 0.1) is 0 Å². The van der Waals surface area contributed by atoms with E-state index in [1.807, 2.05) is 11.4 Å². The first-order valence-corrected chi connectivity index (χ1v) is 7.65. The van der Waals surface area contributed by atoms with Gasteiger partial charge in [0.05, 0.1) is 30.3 Å². The van der Waals surface area contributed by atoms with Gasteiger partial charge in [-0.3, -0.25) is 10.1 Å². The molecule has 1 aliphatic rings. The normalized spacial score (nSPS) is 18.1. The number of fused-ring (bicyclic) bond motifs is 1. The molecule has 3 heterocycles. The van der Waals surface area contributed by atoms with Gasteiger partial charge in [-0.2, -0.15) is 0 Å². The van der Waals surface area contributed by atoms with Gasteiger partial charge in [0.1, 0.15) is 0 Å². The van der Waals surface area contributed by atoms with E-state index in [0.717, 1.165) is 20.7 Å². The highest BCUT2D eigenvalue weighted by Gasteiger charge is 2.25. The molecule has 1 unspecified atom stereocenters. The average molecular weight is 341 g/mol. The lowest BCUT2D eigenvalue weighted by atomic mass is 10.0. The largest absolute Gasteiger partial charge is 0.350 e. The molecule has 0 radical (unpaired) electrons. The molecular weight excluding hydrogens is 328 g/mol. The number of thiophene rings is 1. The Kier molecular flexibility index (Phi) is 3.67. The molecule has 7 heteroatoms. The standard InChI is InChI=1S/C12H13BrN4OS/c13-7-1-2-19-11(7)5-15-12(18)9-3-8-10(4-14-9)17-6-16-8/h1-2,6,9,14H,3-5H2,(H,15,18)(H,16,17). The van der Waals surface area contributed by atoms with Crippen molar-refractivity contribution < 1.29 is 4.79 Å². The number of hydrogen-bond donors (Lipinski definition) is 3. The van der Waals surface area contributed by atoms with Crippen molar-refractivity contribution in [3.8, 4) is 0 Å². The van der Waals surface area contributed by atoms with Gasteiger partial charge in [0.15, 0.2) is 0 Å². The minimum absolute atomic E-state index is 0.0222. The van der Waals surface area contributed by atoms with Gasteiger partial charge < -0.3 is 10.3 Å². The minimum Gasteiger partial charge on any atom is -0.350 e. The summed E-state index contributed by atoms with van der Waals surface area (Å²) in [4.78, 5) is 20.5. The first kappa shape index (κ1) is 12.8. The Morgan fingerprint density at radius 2 is 2.53 bits per heavy atom. The fourth-order valence-electron chi connectivity index (χ4n) is 2.10. The molecule has 3 N–H and O–H groups in total. The molecule has 1 atom stereocenters. The van der Waals surface area contributed by atoms with Gasteiger partial charge in [-0.15, -0.1) is 11.3 Å². The number of rotatable bonds is 3. The molecule has 0 fully saturated rings. The van der Waals surface area contributed by atoms with Gasteiger partial charge in [-0.25, -0.2) is 4.98 Å². The molecule has 0 aliphatic carbocycles. The van der Waals surface area contributed by atoms with Crippen molar-refractivity contribution >= 4 is 33.2 Å². The summed E-state index contributed by atoms with van der Waals surface area (Å²) in [5.41, 5.74) is 2.06. The van der Waals surface area contributed by atoms with Crippen molar-refractivity contribution in [2.24, 2.45) is 0 Å². The fraction of sp³-hybridized carbons (Fsp3) is 0.333. The zero-order valence-electron chi connectivity index (χ0n) is 10.1. The summed E-state index contributed by atoms with van der Waals surface area (Å²) in [5, 5.41) is 8.17. The minimum atomic E-state index is -0.200. The summed E-state index contributed by atoms with van der Waals surface area (Å²) in [6, 6.07) is 1.79. The van der Waals surface area contributed by atoms with Crippen LogP contribution in [0.25, 0.3) is 0 Å². The number of aromatic amines is 1. The second-order valence-electron chi connectivity index (χ2n) is 4.37. The van der Waals surface area contributed by atoms with Crippen LogP contribution in [0.4, 0.5) is 0 Å². The maximum absolute atomic E-state index is 12.1. The summed E-state index contributed by atoms with van der Waals surface area (Å²) in [5.74, 6) is 0.0222. The molecule has 0 aromatic carbocycles. The first-order valence-electron chi connectivity index (χ1n) is 5.98. The van der Waals surface area contributed by atoms with Crippen LogP contribution in [0.15, 0.2) is 22.2 Å². The predicted octanol–water partition coefficient (Wildman–Crippen LogP) is 1.56. The van der Waals surface area contributed by atoms with Crippen LogP contribution >= 0.6 is 27.3 Å². The van der Waals surface area contributed by atoms with Crippen molar-refractivity contribution in [2.75, 3.05) is 0 Å². The zero-order chi connectivity index (χ0) is 13.2. The number of nitrogens with one attached hydrogen (secondary N) is 3. The fourth-order valence-corrected chi connectivity index (χ4v) is 3.53. The molecule has 2 aromatic heterocycles. The van der Waals surface area contributed by atoms with E-state index < -0.39 is 0 Å². The molecule has 0 saturated heterocycles. The number of carbonyl (C=O) groups is 1. The Labute approximate surface area is 123 Å². The predicted molar refractivity (Wildman–Crippen MR) is 76.8 cm³/mol. The number of amides is 1. The Morgan fingerprint density at radius 1 is 1.63 bits per heavy atom. The topological polar surface area (TPSA) is 69.8 Å². The van der Waals surface area contributed by atoms with Crippen LogP contribution in [0.1, 0.15) is 16.3 Å². The van der Waals surface area contributed by atoms with Gasteiger partial charge in [0.2, 0.25) is 5.91 Å². The summed E-state index contributed by atoms with van der Waals surface area (Å²) in [6.45, 7) is 1.22. The molecule has 2 aromatic rings. The Hall–Kier alpha value is -1.18. The molecule has 1 amide bonds. The summed E-state index contributed by atoms with van der Waals surface area (Å²) >= 11 is 5.09. The van der Waals surface area contributed by atoms with E-state index >= 15 is 0 Å². The van der Waals surface area contributed by atoms with Gasteiger partial charge >= 0.3 is 0 Å². The number of H-pyrrole nitrogens is 1. The van der Waals surface area contributed by atoms with Crippen LogP contribution in [-0.2, 0) is 24.3 Å². The molecule has 0 bridgehead atoms. The molecule has 5 nitrogen and oxygen atoms in total. The first-order chi connectivity index (χ1) is 9.24. The van der Waals surface area contributed by atoms with E-state index in [4.69, 9.17) is 0 Å². The van der Waals surface area contributed by atoms with Gasteiger partial charge in [0, 0.05) is 22.3 Å². The maximum Gasteiger partial charge on any atom is 0.237 e. The van der Waals surface area contributed by atoms with Crippen molar-refractivity contribution in [1.29, 1.82) is 0 Å². The third kappa shape index (κ3) is 2.72. The smallest absolute Gasteiger partial charge is 0.237 e. The molecule has 3 rings (SSSR count). The van der Waals surface area contributed by atoms with Crippen molar-refractivity contribution in [3.63, 3.8) is 0 Å². The lowest BCUT2D eigenvalue weighted by Crippen LogP contribution is -2.47. The molecule has 100 valence electrons. The third-order valence-corrected chi connectivity index (χ3v) is 5.09. The molecule has 0 saturated carbocycles. The highest BCUT2D eigenvalue weighted by molar-refractivity contribution is 9.10. The van der Waals surface area contributed by atoms with Gasteiger partial charge in [-0.1, -0.05) is 0 Å². The van der Waals surface area contributed by atoms with Crippen LogP contribution in [-0.4, -0.2) is 21.9 Å². The van der Waals surface area contributed by atoms with E-state index in [-0.39, 0.29) is 11.9 Å². The number of carbonyl (C=O) groups excluding carboxylic acids is 1. The number of aromatic nitrogens is 2. The summed E-state index contributed by atoms with van der Waals surface area (Å²) in [6.07, 6.45) is 2.31. The second-order valence-corrected chi connectivity index (χ2v) is 6.23. The Bertz CT molecular complexity index is 594. The maximum atomic E-state index is 12.1. The second kappa shape index (κ2) is 5.44. The monoisotopic (exact) mass is 340 g/mol. The lowest BCUT2D eigenvalue weighted by molar-refractivity contribution is -0.123. The van der Waals surface area contributed by atoms with Crippen molar-refractivity contribution in [3.05, 3.63) is 38.5 Å². The number of hydrogen-bond acceptors (Lipinski definition) is 4. The Morgan fingerprint density at radius 3 is 3.32 bits per heavy atom. The molecular formula is C12H13BrN4OS. The highest BCUT2D eigenvalue weighted by Crippen LogP contribution is 2.22. The van der Waals surface area contributed by atoms with Gasteiger partial charge in [0.25, 0.3) is 0 Å². The summed E-state index contributed by atoms with van der Waals surface area (Å²) < 4.78 is 1.05. The molecule has 19 heavy (non-hydrogen) atoms. The summed E-state index contributed by atoms with van der Waals surface area (Å²) in [7, 11) is 0.